The third-order valence-electron chi connectivity index (χ3n) is 6.26. The molecule has 0 heterocycles. The van der Waals surface area contributed by atoms with Crippen molar-refractivity contribution in [2.24, 2.45) is 5.41 Å². The van der Waals surface area contributed by atoms with Crippen molar-refractivity contribution in [2.45, 2.75) is 85.0 Å². The zero-order chi connectivity index (χ0) is 24.0. The molecular weight excluding hydrogens is 388 g/mol. The molecule has 0 fully saturated rings. The van der Waals surface area contributed by atoms with E-state index in [2.05, 4.69) is 0 Å². The summed E-state index contributed by atoms with van der Waals surface area (Å²) in [7, 11) is 0. The summed E-state index contributed by atoms with van der Waals surface area (Å²) in [5.74, 6) is -0.523. The fourth-order valence-electron chi connectivity index (χ4n) is 4.31. The van der Waals surface area contributed by atoms with Crippen LogP contribution in [-0.4, -0.2) is 21.3 Å². The van der Waals surface area contributed by atoms with E-state index >= 15 is 0 Å². The number of carbonyl (C=O) groups is 1. The molecule has 170 valence electrons. The van der Waals surface area contributed by atoms with Gasteiger partial charge in [-0.3, -0.25) is 4.79 Å². The zero-order valence-corrected chi connectivity index (χ0v) is 20.4. The van der Waals surface area contributed by atoms with Crippen molar-refractivity contribution < 1.29 is 20.1 Å². The number of hydrogen-bond donors (Lipinski definition) is 3. The highest BCUT2D eigenvalue weighted by atomic mass is 16.4. The highest BCUT2D eigenvalue weighted by Gasteiger charge is 2.50. The van der Waals surface area contributed by atoms with E-state index in [1.807, 2.05) is 74.4 Å². The summed E-state index contributed by atoms with van der Waals surface area (Å²) in [5, 5.41) is 31.4. The zero-order valence-electron chi connectivity index (χ0n) is 20.4. The van der Waals surface area contributed by atoms with Crippen molar-refractivity contribution >= 4 is 5.97 Å². The van der Waals surface area contributed by atoms with Gasteiger partial charge in [0.15, 0.2) is 0 Å². The number of phenols is 2. The first-order valence-corrected chi connectivity index (χ1v) is 10.8. The summed E-state index contributed by atoms with van der Waals surface area (Å²) in [5.41, 5.74) is 0.714. The van der Waals surface area contributed by atoms with Crippen LogP contribution in [0.1, 0.15) is 84.6 Å². The number of rotatable bonds is 4. The Bertz CT molecular complexity index is 916. The smallest absolute Gasteiger partial charge is 0.315 e. The summed E-state index contributed by atoms with van der Waals surface area (Å²) in [6.07, 6.45) is 0.267. The lowest BCUT2D eigenvalue weighted by atomic mass is 9.59. The van der Waals surface area contributed by atoms with Crippen LogP contribution in [0.25, 0.3) is 0 Å². The minimum absolute atomic E-state index is 0.103. The molecule has 1 unspecified atom stereocenters. The van der Waals surface area contributed by atoms with Crippen LogP contribution in [-0.2, 0) is 27.5 Å². The predicted molar refractivity (Wildman–Crippen MR) is 126 cm³/mol. The van der Waals surface area contributed by atoms with E-state index < -0.39 is 16.8 Å². The largest absolute Gasteiger partial charge is 0.508 e. The quantitative estimate of drug-likeness (QED) is 0.536. The van der Waals surface area contributed by atoms with E-state index in [0.29, 0.717) is 5.56 Å². The molecule has 1 atom stereocenters. The molecule has 2 rings (SSSR count). The Morgan fingerprint density at radius 2 is 1.19 bits per heavy atom. The van der Waals surface area contributed by atoms with Gasteiger partial charge in [-0.25, -0.2) is 0 Å². The fourth-order valence-corrected chi connectivity index (χ4v) is 4.31. The van der Waals surface area contributed by atoms with Gasteiger partial charge in [0.2, 0.25) is 0 Å². The molecule has 0 saturated heterocycles. The highest BCUT2D eigenvalue weighted by Crippen LogP contribution is 2.47. The molecule has 31 heavy (non-hydrogen) atoms. The Hall–Kier alpha value is -2.49. The lowest BCUT2D eigenvalue weighted by Crippen LogP contribution is -2.49. The third-order valence-corrected chi connectivity index (χ3v) is 6.26. The number of phenolic OH excluding ortho intramolecular Hbond substituents is 2. The van der Waals surface area contributed by atoms with Gasteiger partial charge in [-0.1, -0.05) is 86.6 Å². The summed E-state index contributed by atoms with van der Waals surface area (Å²) >= 11 is 0. The second-order valence-electron chi connectivity index (χ2n) is 11.7. The van der Waals surface area contributed by atoms with Crippen LogP contribution >= 0.6 is 0 Å². The minimum Gasteiger partial charge on any atom is -0.508 e. The van der Waals surface area contributed by atoms with Crippen molar-refractivity contribution in [1.82, 2.24) is 0 Å². The molecule has 0 bridgehead atoms. The lowest BCUT2D eigenvalue weighted by molar-refractivity contribution is -0.148. The number of aromatic hydroxyl groups is 2. The van der Waals surface area contributed by atoms with Gasteiger partial charge in [-0.15, -0.1) is 0 Å². The van der Waals surface area contributed by atoms with Crippen LogP contribution in [0.15, 0.2) is 36.4 Å². The van der Waals surface area contributed by atoms with Gasteiger partial charge >= 0.3 is 5.97 Å². The molecule has 0 aliphatic heterocycles. The molecule has 4 heteroatoms. The van der Waals surface area contributed by atoms with Crippen LogP contribution in [0, 0.1) is 5.41 Å². The third kappa shape index (κ3) is 4.73. The van der Waals surface area contributed by atoms with Gasteiger partial charge in [0.25, 0.3) is 0 Å². The van der Waals surface area contributed by atoms with Crippen molar-refractivity contribution in [3.63, 3.8) is 0 Å². The van der Waals surface area contributed by atoms with Crippen LogP contribution in [0.5, 0.6) is 11.5 Å². The average Bonchev–Trinajstić information content (AvgIpc) is 2.58. The Kier molecular flexibility index (Phi) is 6.30. The first kappa shape index (κ1) is 24.8. The molecule has 3 N–H and O–H groups in total. The summed E-state index contributed by atoms with van der Waals surface area (Å²) in [6.45, 7) is 18.1. The number of carboxylic acids is 1. The van der Waals surface area contributed by atoms with Crippen LogP contribution in [0.2, 0.25) is 0 Å². The Labute approximate surface area is 187 Å². The van der Waals surface area contributed by atoms with Crippen molar-refractivity contribution in [3.8, 4) is 11.5 Å². The number of hydrogen-bond acceptors (Lipinski definition) is 3. The minimum atomic E-state index is -1.22. The maximum absolute atomic E-state index is 12.9. The average molecular weight is 427 g/mol. The number of carboxylic acid groups (broad SMARTS) is 1. The molecule has 0 saturated carbocycles. The van der Waals surface area contributed by atoms with Crippen LogP contribution in [0.3, 0.4) is 0 Å². The molecule has 0 radical (unpaired) electrons. The molecule has 2 aromatic carbocycles. The fraction of sp³-hybridized carbons (Fsp3) is 0.519. The van der Waals surface area contributed by atoms with Gasteiger partial charge < -0.3 is 15.3 Å². The lowest BCUT2D eigenvalue weighted by Gasteiger charge is -2.42. The Morgan fingerprint density at radius 3 is 1.52 bits per heavy atom. The van der Waals surface area contributed by atoms with E-state index in [4.69, 9.17) is 0 Å². The van der Waals surface area contributed by atoms with Gasteiger partial charge in [-0.05, 0) is 57.1 Å². The molecule has 0 spiro atoms. The van der Waals surface area contributed by atoms with E-state index in [1.54, 1.807) is 12.1 Å². The van der Waals surface area contributed by atoms with E-state index in [0.717, 1.165) is 16.7 Å². The molecule has 0 aromatic heterocycles. The number of aliphatic carboxylic acids is 1. The highest BCUT2D eigenvalue weighted by molar-refractivity contribution is 5.83. The normalized spacial score (nSPS) is 14.9. The first-order chi connectivity index (χ1) is 13.9. The standard InChI is InChI=1S/C27H38O4/c1-24(2,3)20-14-17(15-21(22(20)29)25(4,5)6)16-27(23(30)31,26(7,8)9)18-10-12-19(28)13-11-18/h10-15,28-29H,16H2,1-9H3,(H,30,31). The summed E-state index contributed by atoms with van der Waals surface area (Å²) in [6, 6.07) is 10.4. The van der Waals surface area contributed by atoms with Gasteiger partial charge in [0.05, 0.1) is 0 Å². The molecule has 0 amide bonds. The van der Waals surface area contributed by atoms with Crippen LogP contribution < -0.4 is 0 Å². The van der Waals surface area contributed by atoms with Gasteiger partial charge in [0, 0.05) is 0 Å². The summed E-state index contributed by atoms with van der Waals surface area (Å²) in [4.78, 5) is 12.9. The number of benzene rings is 2. The van der Waals surface area contributed by atoms with Crippen molar-refractivity contribution in [1.29, 1.82) is 0 Å². The maximum Gasteiger partial charge on any atom is 0.315 e. The molecule has 2 aromatic rings. The monoisotopic (exact) mass is 426 g/mol. The molecular formula is C27H38O4. The SMILES string of the molecule is CC(C)(C)c1cc(CC(C(=O)O)(c2ccc(O)cc2)C(C)(C)C)cc(C(C)(C)C)c1O. The predicted octanol–water partition coefficient (Wildman–Crippen LogP) is 6.30. The second-order valence-corrected chi connectivity index (χ2v) is 11.7. The van der Waals surface area contributed by atoms with Gasteiger partial charge in [-0.2, -0.15) is 0 Å². The summed E-state index contributed by atoms with van der Waals surface area (Å²) < 4.78 is 0. The first-order valence-electron chi connectivity index (χ1n) is 10.8. The van der Waals surface area contributed by atoms with Crippen LogP contribution in [0.4, 0.5) is 0 Å². The molecule has 0 aliphatic carbocycles. The van der Waals surface area contributed by atoms with E-state index in [9.17, 15) is 20.1 Å². The molecule has 0 aliphatic rings. The topological polar surface area (TPSA) is 77.8 Å². The maximum atomic E-state index is 12.9. The Morgan fingerprint density at radius 1 is 0.774 bits per heavy atom. The van der Waals surface area contributed by atoms with E-state index in [1.165, 1.54) is 12.1 Å². The second kappa shape index (κ2) is 7.89. The van der Waals surface area contributed by atoms with Gasteiger partial charge in [0.1, 0.15) is 16.9 Å². The Balaban J connectivity index is 2.84. The van der Waals surface area contributed by atoms with Crippen molar-refractivity contribution in [2.75, 3.05) is 0 Å². The van der Waals surface area contributed by atoms with E-state index in [-0.39, 0.29) is 28.7 Å². The molecule has 4 nitrogen and oxygen atoms in total. The van der Waals surface area contributed by atoms with Crippen molar-refractivity contribution in [3.05, 3.63) is 58.7 Å².